The average Bonchev–Trinajstić information content (AvgIpc) is 3.17. The van der Waals surface area contributed by atoms with Crippen molar-refractivity contribution in [1.82, 2.24) is 5.32 Å². The quantitative estimate of drug-likeness (QED) is 0.223. The number of aldehydes is 1. The molecule has 0 spiro atoms. The van der Waals surface area contributed by atoms with E-state index >= 15 is 0 Å². The summed E-state index contributed by atoms with van der Waals surface area (Å²) in [6.07, 6.45) is -1.54. The molecule has 4 aromatic rings. The molecule has 0 aliphatic rings. The molecule has 1 heterocycles. The number of hydrogen-bond acceptors (Lipinski definition) is 6. The molecule has 1 aromatic heterocycles. The predicted molar refractivity (Wildman–Crippen MR) is 111 cm³/mol. The zero-order valence-electron chi connectivity index (χ0n) is 18.8. The number of benzene rings is 3. The van der Waals surface area contributed by atoms with Crippen LogP contribution in [0.1, 0.15) is 20.7 Å². The molecule has 10 heteroatoms. The molecule has 0 bridgehead atoms. The van der Waals surface area contributed by atoms with Crippen LogP contribution in [0, 0.1) is 5.82 Å². The summed E-state index contributed by atoms with van der Waals surface area (Å²) in [5.74, 6) is -0.274. The van der Waals surface area contributed by atoms with Crippen LogP contribution in [0.5, 0.6) is 0 Å². The summed E-state index contributed by atoms with van der Waals surface area (Å²) in [6.45, 7) is 0. The third-order valence-electron chi connectivity index (χ3n) is 4.60. The van der Waals surface area contributed by atoms with Crippen LogP contribution in [-0.2, 0) is 0 Å². The predicted octanol–water partition coefficient (Wildman–Crippen LogP) is -3.36. The van der Waals surface area contributed by atoms with Crippen molar-refractivity contribution in [3.8, 4) is 22.5 Å². The largest absolute Gasteiger partial charge is 1.00 e. The van der Waals surface area contributed by atoms with Gasteiger partial charge in [-0.1, -0.05) is 24.3 Å². The fourth-order valence-electron chi connectivity index (χ4n) is 3.22. The molecule has 0 aliphatic carbocycles. The first-order valence-corrected chi connectivity index (χ1v) is 9.32. The second-order valence-electron chi connectivity index (χ2n) is 6.60. The number of carboxylic acid groups (broad SMARTS) is 2. The summed E-state index contributed by atoms with van der Waals surface area (Å²) in [6, 6.07) is 18.6. The van der Waals surface area contributed by atoms with Gasteiger partial charge in [-0.3, -0.25) is 9.59 Å². The molecule has 0 aliphatic heterocycles. The van der Waals surface area contributed by atoms with E-state index in [1.54, 1.807) is 37.4 Å². The maximum atomic E-state index is 13.3. The van der Waals surface area contributed by atoms with Gasteiger partial charge in [0.15, 0.2) is 0 Å². The van der Waals surface area contributed by atoms with Gasteiger partial charge in [-0.25, -0.2) is 4.39 Å². The third-order valence-corrected chi connectivity index (χ3v) is 4.60. The molecule has 7 nitrogen and oxygen atoms in total. The van der Waals surface area contributed by atoms with Gasteiger partial charge in [0.25, 0.3) is 5.91 Å². The fourth-order valence-corrected chi connectivity index (χ4v) is 3.22. The molecular formula is C24H16Cs2FNO6. The number of amides is 1. The van der Waals surface area contributed by atoms with Crippen molar-refractivity contribution in [2.45, 2.75) is 0 Å². The molecule has 0 atom stereocenters. The molecule has 0 saturated heterocycles. The van der Waals surface area contributed by atoms with Gasteiger partial charge in [0.2, 0.25) is 0 Å². The molecule has 0 saturated carbocycles. The summed E-state index contributed by atoms with van der Waals surface area (Å²) in [7, 11) is 1.55. The number of halogens is 1. The number of carbonyl (C=O) groups excluding carboxylic acids is 3. The maximum Gasteiger partial charge on any atom is 1.00 e. The van der Waals surface area contributed by atoms with Crippen molar-refractivity contribution in [2.75, 3.05) is 7.05 Å². The standard InChI is InChI=1S/C23H16FNO3.CH2O3.2Cs/c1-25-23(27)21-19-12-17(16-4-2-3-14(11-16)13-26)7-10-20(19)28-22(21)15-5-8-18(24)9-6-15;2-1(3)4;;/h2-13H,1H3,(H,25,27);(H2,2,3,4);;/q;;2*+1/p-2. The Bertz CT molecular complexity index is 1300. The molecule has 3 aromatic carbocycles. The zero-order valence-corrected chi connectivity index (χ0v) is 31.3. The van der Waals surface area contributed by atoms with Gasteiger partial charge in [0, 0.05) is 23.6 Å². The summed E-state index contributed by atoms with van der Waals surface area (Å²) in [5.41, 5.74) is 3.83. The van der Waals surface area contributed by atoms with Crippen LogP contribution in [0.25, 0.3) is 33.4 Å². The average molecular weight is 699 g/mol. The van der Waals surface area contributed by atoms with E-state index in [-0.39, 0.29) is 150 Å². The molecule has 1 N–H and O–H groups in total. The van der Waals surface area contributed by atoms with Crippen LogP contribution >= 0.6 is 0 Å². The second kappa shape index (κ2) is 15.0. The van der Waals surface area contributed by atoms with Crippen molar-refractivity contribution in [3.63, 3.8) is 0 Å². The summed E-state index contributed by atoms with van der Waals surface area (Å²) in [4.78, 5) is 32.0. The summed E-state index contributed by atoms with van der Waals surface area (Å²) < 4.78 is 19.2. The van der Waals surface area contributed by atoms with E-state index in [0.29, 0.717) is 33.4 Å². The first kappa shape index (κ1) is 31.7. The van der Waals surface area contributed by atoms with E-state index in [1.165, 1.54) is 12.1 Å². The van der Waals surface area contributed by atoms with E-state index in [1.807, 2.05) is 24.3 Å². The SMILES string of the molecule is CNC(=O)c1c(-c2ccc(F)cc2)oc2ccc(-c3cccc(C=O)c3)cc12.O=C([O-])[O-].[Cs+].[Cs+]. The summed E-state index contributed by atoms with van der Waals surface area (Å²) >= 11 is 0. The minimum Gasteiger partial charge on any atom is -0.652 e. The Morgan fingerprint density at radius 3 is 2.09 bits per heavy atom. The van der Waals surface area contributed by atoms with Crippen LogP contribution in [0.2, 0.25) is 0 Å². The van der Waals surface area contributed by atoms with Gasteiger partial charge >= 0.3 is 138 Å². The van der Waals surface area contributed by atoms with Crippen molar-refractivity contribution >= 4 is 29.3 Å². The van der Waals surface area contributed by atoms with Gasteiger partial charge in [0.05, 0.1) is 5.56 Å². The number of nitrogens with one attached hydrogen (secondary N) is 1. The van der Waals surface area contributed by atoms with Crippen LogP contribution in [0.15, 0.2) is 71.1 Å². The second-order valence-corrected chi connectivity index (χ2v) is 6.60. The minimum atomic E-state index is -2.33. The Balaban J connectivity index is 0.000000895. The molecule has 4 rings (SSSR count). The van der Waals surface area contributed by atoms with Crippen LogP contribution < -0.4 is 153 Å². The van der Waals surface area contributed by atoms with Gasteiger partial charge in [-0.15, -0.1) is 0 Å². The smallest absolute Gasteiger partial charge is 0.652 e. The Morgan fingerprint density at radius 2 is 1.50 bits per heavy atom. The summed E-state index contributed by atoms with van der Waals surface area (Å²) in [5, 5.41) is 20.0. The zero-order chi connectivity index (χ0) is 23.3. The molecular weight excluding hydrogens is 683 g/mol. The topological polar surface area (TPSA) is 122 Å². The number of carbonyl (C=O) groups is 3. The molecule has 34 heavy (non-hydrogen) atoms. The van der Waals surface area contributed by atoms with Gasteiger partial charge in [-0.2, -0.15) is 0 Å². The molecule has 0 fully saturated rings. The van der Waals surface area contributed by atoms with Crippen LogP contribution in [0.4, 0.5) is 9.18 Å². The van der Waals surface area contributed by atoms with Crippen LogP contribution in [0.3, 0.4) is 0 Å². The van der Waals surface area contributed by atoms with Crippen molar-refractivity contribution in [1.29, 1.82) is 0 Å². The third kappa shape index (κ3) is 8.08. The number of fused-ring (bicyclic) bond motifs is 1. The van der Waals surface area contributed by atoms with Gasteiger partial charge in [-0.05, 0) is 59.7 Å². The molecule has 0 unspecified atom stereocenters. The van der Waals surface area contributed by atoms with Gasteiger partial charge < -0.3 is 24.7 Å². The van der Waals surface area contributed by atoms with E-state index in [9.17, 15) is 14.0 Å². The number of rotatable bonds is 4. The molecule has 0 radical (unpaired) electrons. The van der Waals surface area contributed by atoms with Crippen molar-refractivity contribution in [3.05, 3.63) is 83.7 Å². The van der Waals surface area contributed by atoms with E-state index in [0.717, 1.165) is 17.4 Å². The monoisotopic (exact) mass is 699 g/mol. The normalized spacial score (nSPS) is 9.59. The van der Waals surface area contributed by atoms with Gasteiger partial charge in [0.1, 0.15) is 23.4 Å². The maximum absolute atomic E-state index is 13.3. The fraction of sp³-hybridized carbons (Fsp3) is 0.0417. The number of furan rings is 1. The van der Waals surface area contributed by atoms with Crippen molar-refractivity contribution in [2.24, 2.45) is 0 Å². The first-order valence-electron chi connectivity index (χ1n) is 9.32. The molecule has 162 valence electrons. The Hall–Kier alpha value is -0.356. The first-order chi connectivity index (χ1) is 15.3. The Labute approximate surface area is 312 Å². The number of hydrogen-bond donors (Lipinski definition) is 1. The Morgan fingerprint density at radius 1 is 0.912 bits per heavy atom. The van der Waals surface area contributed by atoms with E-state index in [2.05, 4.69) is 5.32 Å². The van der Waals surface area contributed by atoms with Crippen LogP contribution in [-0.4, -0.2) is 25.4 Å². The Kier molecular flexibility index (Phi) is 14.0. The van der Waals surface area contributed by atoms with E-state index in [4.69, 9.17) is 19.4 Å². The molecule has 1 amide bonds. The van der Waals surface area contributed by atoms with Crippen molar-refractivity contribution < 1.29 is 171 Å². The minimum absolute atomic E-state index is 0. The van der Waals surface area contributed by atoms with E-state index < -0.39 is 6.16 Å².